The standard InChI is InChI=1S/C18H21NO6/c1-4-22-17(20)16(18(21)23-5-2)12(3)19-9-8-13-6-7-14-15(10-13)25-11-24-14/h6-10,19H,4-5,11H2,1-3H3/b9-8+. The third kappa shape index (κ3) is 4.76. The molecule has 0 atom stereocenters. The van der Waals surface area contributed by atoms with Crippen LogP contribution in [0.5, 0.6) is 11.5 Å². The Balaban J connectivity index is 2.12. The van der Waals surface area contributed by atoms with Crippen molar-refractivity contribution >= 4 is 18.0 Å². The van der Waals surface area contributed by atoms with Gasteiger partial charge in [-0.15, -0.1) is 0 Å². The Morgan fingerprint density at radius 3 is 2.40 bits per heavy atom. The molecule has 1 aliphatic heterocycles. The maximum Gasteiger partial charge on any atom is 0.347 e. The summed E-state index contributed by atoms with van der Waals surface area (Å²) >= 11 is 0. The largest absolute Gasteiger partial charge is 0.462 e. The SMILES string of the molecule is CCOC(=O)C(C(=O)OCC)=C(C)N/C=C/c1ccc2c(c1)OCO2. The second kappa shape index (κ2) is 8.77. The van der Waals surface area contributed by atoms with Gasteiger partial charge in [0.1, 0.15) is 0 Å². The first-order valence-electron chi connectivity index (χ1n) is 7.94. The van der Waals surface area contributed by atoms with Gasteiger partial charge in [-0.05, 0) is 44.5 Å². The first kappa shape index (κ1) is 18.4. The quantitative estimate of drug-likeness (QED) is 0.351. The maximum absolute atomic E-state index is 12.0. The van der Waals surface area contributed by atoms with E-state index in [1.54, 1.807) is 33.0 Å². The summed E-state index contributed by atoms with van der Waals surface area (Å²) in [6.45, 7) is 5.49. The molecule has 7 nitrogen and oxygen atoms in total. The van der Waals surface area contributed by atoms with E-state index in [4.69, 9.17) is 18.9 Å². The topological polar surface area (TPSA) is 83.1 Å². The predicted molar refractivity (Wildman–Crippen MR) is 90.7 cm³/mol. The number of ether oxygens (including phenoxy) is 4. The van der Waals surface area contributed by atoms with Gasteiger partial charge in [-0.25, -0.2) is 9.59 Å². The fourth-order valence-electron chi connectivity index (χ4n) is 2.15. The van der Waals surface area contributed by atoms with Crippen molar-refractivity contribution in [2.75, 3.05) is 20.0 Å². The van der Waals surface area contributed by atoms with Crippen molar-refractivity contribution in [1.29, 1.82) is 0 Å². The van der Waals surface area contributed by atoms with E-state index in [9.17, 15) is 9.59 Å². The van der Waals surface area contributed by atoms with E-state index in [1.807, 2.05) is 18.2 Å². The highest BCUT2D eigenvalue weighted by molar-refractivity contribution is 6.14. The van der Waals surface area contributed by atoms with Gasteiger partial charge in [0, 0.05) is 11.9 Å². The van der Waals surface area contributed by atoms with Crippen LogP contribution in [0.15, 0.2) is 35.7 Å². The average molecular weight is 347 g/mol. The van der Waals surface area contributed by atoms with Crippen molar-refractivity contribution in [1.82, 2.24) is 5.32 Å². The highest BCUT2D eigenvalue weighted by Gasteiger charge is 2.23. The van der Waals surface area contributed by atoms with Crippen molar-refractivity contribution in [3.8, 4) is 11.5 Å². The molecule has 1 N–H and O–H groups in total. The fourth-order valence-corrected chi connectivity index (χ4v) is 2.15. The number of hydrogen-bond acceptors (Lipinski definition) is 7. The monoisotopic (exact) mass is 347 g/mol. The lowest BCUT2D eigenvalue weighted by Crippen LogP contribution is -2.23. The van der Waals surface area contributed by atoms with Gasteiger partial charge in [-0.3, -0.25) is 0 Å². The van der Waals surface area contributed by atoms with Gasteiger partial charge >= 0.3 is 11.9 Å². The van der Waals surface area contributed by atoms with Crippen LogP contribution in [0.3, 0.4) is 0 Å². The van der Waals surface area contributed by atoms with E-state index >= 15 is 0 Å². The number of rotatable bonds is 7. The number of benzene rings is 1. The van der Waals surface area contributed by atoms with Gasteiger partial charge in [0.05, 0.1) is 13.2 Å². The summed E-state index contributed by atoms with van der Waals surface area (Å²) in [6.07, 6.45) is 3.39. The summed E-state index contributed by atoms with van der Waals surface area (Å²) in [5.74, 6) is -0.0638. The van der Waals surface area contributed by atoms with Gasteiger partial charge in [-0.2, -0.15) is 0 Å². The molecule has 134 valence electrons. The highest BCUT2D eigenvalue weighted by atomic mass is 16.7. The lowest BCUT2D eigenvalue weighted by molar-refractivity contribution is -0.146. The summed E-state index contributed by atoms with van der Waals surface area (Å²) in [5, 5.41) is 2.90. The van der Waals surface area contributed by atoms with Crippen LogP contribution in [-0.2, 0) is 19.1 Å². The molecule has 0 radical (unpaired) electrons. The number of carbonyl (C=O) groups is 2. The number of allylic oxidation sites excluding steroid dienone is 1. The second-order valence-electron chi connectivity index (χ2n) is 5.03. The average Bonchev–Trinajstić information content (AvgIpc) is 3.03. The van der Waals surface area contributed by atoms with Crippen LogP contribution in [0.1, 0.15) is 26.3 Å². The fraction of sp³-hybridized carbons (Fsp3) is 0.333. The van der Waals surface area contributed by atoms with E-state index < -0.39 is 11.9 Å². The molecular weight excluding hydrogens is 326 g/mol. The van der Waals surface area contributed by atoms with Crippen LogP contribution < -0.4 is 14.8 Å². The van der Waals surface area contributed by atoms with Crippen LogP contribution >= 0.6 is 0 Å². The van der Waals surface area contributed by atoms with Crippen molar-refractivity contribution in [2.24, 2.45) is 0 Å². The molecule has 0 saturated carbocycles. The minimum atomic E-state index is -0.720. The Hall–Kier alpha value is -2.96. The normalized spacial score (nSPS) is 12.0. The van der Waals surface area contributed by atoms with E-state index in [-0.39, 0.29) is 25.6 Å². The van der Waals surface area contributed by atoms with Crippen LogP contribution in [0.4, 0.5) is 0 Å². The molecule has 0 aromatic heterocycles. The molecule has 0 amide bonds. The Kier molecular flexibility index (Phi) is 6.45. The van der Waals surface area contributed by atoms with Crippen molar-refractivity contribution in [3.05, 3.63) is 41.2 Å². The molecular formula is C18H21NO6. The van der Waals surface area contributed by atoms with E-state index in [2.05, 4.69) is 5.32 Å². The summed E-state index contributed by atoms with van der Waals surface area (Å²) < 4.78 is 20.4. The molecule has 2 rings (SSSR count). The summed E-state index contributed by atoms with van der Waals surface area (Å²) in [4.78, 5) is 24.0. The summed E-state index contributed by atoms with van der Waals surface area (Å²) in [6, 6.07) is 5.51. The number of esters is 2. The number of carbonyl (C=O) groups excluding carboxylic acids is 2. The second-order valence-corrected chi connectivity index (χ2v) is 5.03. The smallest absolute Gasteiger partial charge is 0.347 e. The van der Waals surface area contributed by atoms with Crippen LogP contribution in [0, 0.1) is 0 Å². The molecule has 7 heteroatoms. The lowest BCUT2D eigenvalue weighted by Gasteiger charge is -2.10. The third-order valence-electron chi connectivity index (χ3n) is 3.31. The van der Waals surface area contributed by atoms with E-state index in [0.29, 0.717) is 17.2 Å². The van der Waals surface area contributed by atoms with Crippen LogP contribution in [0.25, 0.3) is 6.08 Å². The van der Waals surface area contributed by atoms with Crippen molar-refractivity contribution < 1.29 is 28.5 Å². The molecule has 1 aromatic carbocycles. The molecule has 1 heterocycles. The van der Waals surface area contributed by atoms with Crippen LogP contribution in [-0.4, -0.2) is 31.9 Å². The molecule has 0 unspecified atom stereocenters. The molecule has 0 saturated heterocycles. The molecule has 0 bridgehead atoms. The Morgan fingerprint density at radius 1 is 1.12 bits per heavy atom. The minimum Gasteiger partial charge on any atom is -0.462 e. The Bertz CT molecular complexity index is 688. The highest BCUT2D eigenvalue weighted by Crippen LogP contribution is 2.32. The van der Waals surface area contributed by atoms with Gasteiger partial charge < -0.3 is 24.3 Å². The minimum absolute atomic E-state index is 0.154. The molecule has 0 fully saturated rings. The first-order chi connectivity index (χ1) is 12.1. The van der Waals surface area contributed by atoms with Gasteiger partial charge in [0.15, 0.2) is 17.1 Å². The van der Waals surface area contributed by atoms with Crippen molar-refractivity contribution in [2.45, 2.75) is 20.8 Å². The molecule has 0 spiro atoms. The third-order valence-corrected chi connectivity index (χ3v) is 3.31. The van der Waals surface area contributed by atoms with Crippen LogP contribution in [0.2, 0.25) is 0 Å². The summed E-state index contributed by atoms with van der Waals surface area (Å²) in [7, 11) is 0. The van der Waals surface area contributed by atoms with E-state index in [0.717, 1.165) is 5.56 Å². The first-order valence-corrected chi connectivity index (χ1v) is 7.94. The zero-order valence-electron chi connectivity index (χ0n) is 14.5. The van der Waals surface area contributed by atoms with Gasteiger partial charge in [0.25, 0.3) is 0 Å². The number of hydrogen-bond donors (Lipinski definition) is 1. The molecule has 25 heavy (non-hydrogen) atoms. The Labute approximate surface area is 146 Å². The zero-order chi connectivity index (χ0) is 18.2. The zero-order valence-corrected chi connectivity index (χ0v) is 14.5. The molecule has 0 aliphatic carbocycles. The lowest BCUT2D eigenvalue weighted by atomic mass is 10.2. The van der Waals surface area contributed by atoms with Crippen molar-refractivity contribution in [3.63, 3.8) is 0 Å². The van der Waals surface area contributed by atoms with E-state index in [1.165, 1.54) is 0 Å². The van der Waals surface area contributed by atoms with Gasteiger partial charge in [0.2, 0.25) is 6.79 Å². The maximum atomic E-state index is 12.0. The summed E-state index contributed by atoms with van der Waals surface area (Å²) in [5.41, 5.74) is 1.06. The number of fused-ring (bicyclic) bond motifs is 1. The number of nitrogens with one attached hydrogen (secondary N) is 1. The molecule has 1 aliphatic rings. The molecule has 1 aromatic rings. The predicted octanol–water partition coefficient (Wildman–Crippen LogP) is 2.38. The Morgan fingerprint density at radius 2 is 1.76 bits per heavy atom. The van der Waals surface area contributed by atoms with Gasteiger partial charge in [-0.1, -0.05) is 6.07 Å².